The number of nitrogens with zero attached hydrogens (tertiary/aromatic N) is 1. The van der Waals surface area contributed by atoms with Crippen molar-refractivity contribution in [2.75, 3.05) is 4.90 Å². The number of anilines is 3. The van der Waals surface area contributed by atoms with E-state index in [1.807, 2.05) is 0 Å². The maximum atomic E-state index is 2.45. The highest BCUT2D eigenvalue weighted by molar-refractivity contribution is 6.07. The van der Waals surface area contributed by atoms with E-state index in [1.54, 1.807) is 0 Å². The zero-order chi connectivity index (χ0) is 40.2. The van der Waals surface area contributed by atoms with Crippen molar-refractivity contribution in [2.45, 2.75) is 19.3 Å². The van der Waals surface area contributed by atoms with Crippen molar-refractivity contribution in [3.05, 3.63) is 236 Å². The smallest absolute Gasteiger partial charge is 0.0540 e. The second-order valence-corrected chi connectivity index (χ2v) is 16.5. The molecule has 0 bridgehead atoms. The number of para-hydroxylation sites is 1. The van der Waals surface area contributed by atoms with E-state index in [4.69, 9.17) is 0 Å². The van der Waals surface area contributed by atoms with Gasteiger partial charge in [0.2, 0.25) is 0 Å². The molecule has 0 spiro atoms. The molecule has 0 amide bonds. The minimum Gasteiger partial charge on any atom is -0.310 e. The molecule has 1 nitrogen and oxygen atoms in total. The molecular weight excluding hydrogens is 723 g/mol. The number of hydrogen-bond acceptors (Lipinski definition) is 1. The SMILES string of the molecule is CC1(C)c2cc(N(c3ccc(-c4cccc5cccc(-c6ccccc6)c45)cc3)c3ccccc3-c3ccccc3)ccc2-c2c(-c3cccc4ccccc34)cccc21. The Balaban J connectivity index is 1.08. The van der Waals surface area contributed by atoms with E-state index in [9.17, 15) is 0 Å². The number of benzene rings is 10. The van der Waals surface area contributed by atoms with Crippen molar-refractivity contribution >= 4 is 38.6 Å². The summed E-state index contributed by atoms with van der Waals surface area (Å²) in [6.45, 7) is 4.78. The molecule has 0 saturated heterocycles. The number of fused-ring (bicyclic) bond motifs is 5. The molecule has 0 atom stereocenters. The van der Waals surface area contributed by atoms with Crippen LogP contribution in [0.2, 0.25) is 0 Å². The summed E-state index contributed by atoms with van der Waals surface area (Å²) in [5.74, 6) is 0. The van der Waals surface area contributed by atoms with Gasteiger partial charge in [-0.1, -0.05) is 208 Å². The van der Waals surface area contributed by atoms with Crippen LogP contribution in [0.4, 0.5) is 17.1 Å². The molecule has 0 saturated carbocycles. The minimum atomic E-state index is -0.208. The van der Waals surface area contributed by atoms with E-state index < -0.39 is 0 Å². The highest BCUT2D eigenvalue weighted by atomic mass is 15.1. The molecule has 10 aromatic carbocycles. The highest BCUT2D eigenvalue weighted by Crippen LogP contribution is 2.54. The Morgan fingerprint density at radius 2 is 0.850 bits per heavy atom. The average Bonchev–Trinajstić information content (AvgIpc) is 3.55. The summed E-state index contributed by atoms with van der Waals surface area (Å²) in [4.78, 5) is 2.45. The summed E-state index contributed by atoms with van der Waals surface area (Å²) in [6, 6.07) is 82.3. The molecular formula is C59H43N. The van der Waals surface area contributed by atoms with Gasteiger partial charge in [0, 0.05) is 22.4 Å². The van der Waals surface area contributed by atoms with Crippen LogP contribution in [0, 0.1) is 0 Å². The molecule has 0 radical (unpaired) electrons. The topological polar surface area (TPSA) is 3.24 Å². The van der Waals surface area contributed by atoms with E-state index in [2.05, 4.69) is 243 Å². The summed E-state index contributed by atoms with van der Waals surface area (Å²) < 4.78 is 0. The summed E-state index contributed by atoms with van der Waals surface area (Å²) in [5.41, 5.74) is 18.3. The van der Waals surface area contributed by atoms with Gasteiger partial charge in [0.15, 0.2) is 0 Å². The molecule has 1 aliphatic carbocycles. The normalized spacial score (nSPS) is 12.6. The second-order valence-electron chi connectivity index (χ2n) is 16.5. The predicted octanol–water partition coefficient (Wildman–Crippen LogP) is 16.4. The van der Waals surface area contributed by atoms with E-state index in [0.29, 0.717) is 0 Å². The summed E-state index contributed by atoms with van der Waals surface area (Å²) >= 11 is 0. The van der Waals surface area contributed by atoms with Gasteiger partial charge in [-0.2, -0.15) is 0 Å². The van der Waals surface area contributed by atoms with Crippen LogP contribution in [0.5, 0.6) is 0 Å². The van der Waals surface area contributed by atoms with Gasteiger partial charge in [-0.05, 0) is 113 Å². The lowest BCUT2D eigenvalue weighted by molar-refractivity contribution is 0.660. The van der Waals surface area contributed by atoms with Gasteiger partial charge in [0.25, 0.3) is 0 Å². The van der Waals surface area contributed by atoms with Crippen LogP contribution in [-0.2, 0) is 5.41 Å². The molecule has 0 heterocycles. The van der Waals surface area contributed by atoms with Crippen molar-refractivity contribution in [3.63, 3.8) is 0 Å². The quantitative estimate of drug-likeness (QED) is 0.156. The molecule has 0 aromatic heterocycles. The van der Waals surface area contributed by atoms with Crippen molar-refractivity contribution in [2.24, 2.45) is 0 Å². The first kappa shape index (κ1) is 35.7. The van der Waals surface area contributed by atoms with E-state index >= 15 is 0 Å². The molecule has 284 valence electrons. The second kappa shape index (κ2) is 14.4. The molecule has 60 heavy (non-hydrogen) atoms. The van der Waals surface area contributed by atoms with Gasteiger partial charge >= 0.3 is 0 Å². The largest absolute Gasteiger partial charge is 0.310 e. The lowest BCUT2D eigenvalue weighted by Crippen LogP contribution is -2.17. The van der Waals surface area contributed by atoms with Crippen molar-refractivity contribution in [1.29, 1.82) is 0 Å². The van der Waals surface area contributed by atoms with Crippen LogP contribution in [0.15, 0.2) is 224 Å². The zero-order valence-corrected chi connectivity index (χ0v) is 33.8. The van der Waals surface area contributed by atoms with Crippen LogP contribution in [-0.4, -0.2) is 0 Å². The van der Waals surface area contributed by atoms with Crippen molar-refractivity contribution in [3.8, 4) is 55.6 Å². The Kier molecular flexibility index (Phi) is 8.57. The number of hydrogen-bond donors (Lipinski definition) is 0. The first-order chi connectivity index (χ1) is 29.5. The van der Waals surface area contributed by atoms with Crippen LogP contribution >= 0.6 is 0 Å². The van der Waals surface area contributed by atoms with Gasteiger partial charge in [0.05, 0.1) is 5.69 Å². The van der Waals surface area contributed by atoms with Crippen molar-refractivity contribution < 1.29 is 0 Å². The summed E-state index contributed by atoms with van der Waals surface area (Å²) in [6.07, 6.45) is 0. The molecule has 10 aromatic rings. The van der Waals surface area contributed by atoms with Gasteiger partial charge in [0.1, 0.15) is 0 Å². The van der Waals surface area contributed by atoms with Crippen LogP contribution in [0.25, 0.3) is 77.2 Å². The van der Waals surface area contributed by atoms with E-state index in [-0.39, 0.29) is 5.41 Å². The fourth-order valence-electron chi connectivity index (χ4n) is 9.79. The Hall–Kier alpha value is -7.48. The van der Waals surface area contributed by atoms with E-state index in [0.717, 1.165) is 17.1 Å². The fraction of sp³-hybridized carbons (Fsp3) is 0.0508. The summed E-state index contributed by atoms with van der Waals surface area (Å²) in [5, 5.41) is 5.05. The maximum absolute atomic E-state index is 2.45. The molecule has 1 heteroatoms. The minimum absolute atomic E-state index is 0.208. The lowest BCUT2D eigenvalue weighted by atomic mass is 9.81. The van der Waals surface area contributed by atoms with Crippen LogP contribution < -0.4 is 4.90 Å². The Morgan fingerprint density at radius 1 is 0.333 bits per heavy atom. The van der Waals surface area contributed by atoms with Gasteiger partial charge in [-0.3, -0.25) is 0 Å². The monoisotopic (exact) mass is 765 g/mol. The van der Waals surface area contributed by atoms with Gasteiger partial charge in [-0.15, -0.1) is 0 Å². The lowest BCUT2D eigenvalue weighted by Gasteiger charge is -2.30. The fourth-order valence-corrected chi connectivity index (χ4v) is 9.79. The molecule has 11 rings (SSSR count). The standard InChI is InChI=1S/C59H43N/c1-59(2)54-31-16-30-52(51-29-13-22-40-21-9-10-25-47(40)51)58(54)53-38-37-46(39-55(53)59)60(56-32-12-11-26-48(56)41-17-5-3-6-18-41)45-35-33-43(34-36-45)50-28-15-24-44-23-14-27-49(57(44)50)42-19-7-4-8-20-42/h3-39H,1-2H3. The number of rotatable bonds is 7. The third-order valence-corrected chi connectivity index (χ3v) is 12.7. The molecule has 0 aliphatic heterocycles. The zero-order valence-electron chi connectivity index (χ0n) is 33.8. The summed E-state index contributed by atoms with van der Waals surface area (Å²) in [7, 11) is 0. The maximum Gasteiger partial charge on any atom is 0.0540 e. The Bertz CT molecular complexity index is 3200. The third kappa shape index (κ3) is 5.85. The third-order valence-electron chi connectivity index (χ3n) is 12.7. The Labute approximate surface area is 352 Å². The van der Waals surface area contributed by atoms with Crippen molar-refractivity contribution in [1.82, 2.24) is 0 Å². The van der Waals surface area contributed by atoms with Gasteiger partial charge < -0.3 is 4.90 Å². The first-order valence-corrected chi connectivity index (χ1v) is 20.9. The Morgan fingerprint density at radius 3 is 1.58 bits per heavy atom. The first-order valence-electron chi connectivity index (χ1n) is 20.9. The molecule has 1 aliphatic rings. The molecule has 0 N–H and O–H groups in total. The van der Waals surface area contributed by atoms with Crippen LogP contribution in [0.1, 0.15) is 25.0 Å². The predicted molar refractivity (Wildman–Crippen MR) is 255 cm³/mol. The molecule has 0 fully saturated rings. The van der Waals surface area contributed by atoms with Crippen LogP contribution in [0.3, 0.4) is 0 Å². The van der Waals surface area contributed by atoms with E-state index in [1.165, 1.54) is 88.3 Å². The average molecular weight is 766 g/mol. The van der Waals surface area contributed by atoms with Gasteiger partial charge in [-0.25, -0.2) is 0 Å². The highest BCUT2D eigenvalue weighted by Gasteiger charge is 2.38. The molecule has 0 unspecified atom stereocenters.